The van der Waals surface area contributed by atoms with Gasteiger partial charge in [0.2, 0.25) is 5.91 Å². The summed E-state index contributed by atoms with van der Waals surface area (Å²) in [4.78, 5) is 14.2. The third-order valence-electron chi connectivity index (χ3n) is 4.18. The lowest BCUT2D eigenvalue weighted by Crippen LogP contribution is -2.29. The molecule has 1 fully saturated rings. The molecule has 0 saturated carbocycles. The Kier molecular flexibility index (Phi) is 5.62. The number of likely N-dealkylation sites (tertiary alicyclic amines) is 1. The molecule has 0 unspecified atom stereocenters. The molecule has 0 radical (unpaired) electrons. The van der Waals surface area contributed by atoms with Crippen LogP contribution in [0.3, 0.4) is 0 Å². The molecule has 1 aromatic heterocycles. The van der Waals surface area contributed by atoms with E-state index in [9.17, 15) is 13.6 Å². The first-order valence-electron chi connectivity index (χ1n) is 7.89. The van der Waals surface area contributed by atoms with Gasteiger partial charge >= 0.3 is 6.61 Å². The first-order valence-corrected chi connectivity index (χ1v) is 8.69. The summed E-state index contributed by atoms with van der Waals surface area (Å²) in [6.07, 6.45) is 4.80. The summed E-state index contributed by atoms with van der Waals surface area (Å²) in [5.41, 5.74) is 0.579. The summed E-state index contributed by atoms with van der Waals surface area (Å²) >= 11 is 3.31. The van der Waals surface area contributed by atoms with Gasteiger partial charge in [-0.2, -0.15) is 8.78 Å². The predicted octanol–water partition coefficient (Wildman–Crippen LogP) is 3.05. The molecule has 1 atom stereocenters. The molecule has 134 valence electrons. The van der Waals surface area contributed by atoms with Gasteiger partial charge in [0.05, 0.1) is 12.2 Å². The van der Waals surface area contributed by atoms with Crippen molar-refractivity contribution in [1.82, 2.24) is 19.9 Å². The molecular weight excluding hydrogens is 398 g/mol. The third kappa shape index (κ3) is 4.53. The molecule has 6 nitrogen and oxygen atoms in total. The SMILES string of the molecule is O=C(CCc1cc(Br)ccc1OC(F)F)N1CC[C@@H](n2ccnn2)C1. The summed E-state index contributed by atoms with van der Waals surface area (Å²) in [5, 5.41) is 7.75. The van der Waals surface area contributed by atoms with Gasteiger partial charge in [-0.05, 0) is 36.6 Å². The van der Waals surface area contributed by atoms with Crippen molar-refractivity contribution in [3.8, 4) is 5.75 Å². The standard InChI is InChI=1S/C16H17BrF2N4O2/c17-12-2-3-14(25-16(18)19)11(9-12)1-4-15(24)22-7-5-13(10-22)23-8-6-20-21-23/h2-3,6,8-9,13,16H,1,4-5,7,10H2/t13-/m1/s1. The smallest absolute Gasteiger partial charge is 0.387 e. The van der Waals surface area contributed by atoms with Crippen molar-refractivity contribution < 1.29 is 18.3 Å². The highest BCUT2D eigenvalue weighted by atomic mass is 79.9. The highest BCUT2D eigenvalue weighted by molar-refractivity contribution is 9.10. The van der Waals surface area contributed by atoms with Gasteiger partial charge < -0.3 is 9.64 Å². The molecule has 1 aliphatic rings. The number of rotatable bonds is 6. The monoisotopic (exact) mass is 414 g/mol. The van der Waals surface area contributed by atoms with Crippen molar-refractivity contribution in [3.05, 3.63) is 40.6 Å². The fraction of sp³-hybridized carbons (Fsp3) is 0.438. The van der Waals surface area contributed by atoms with Gasteiger partial charge in [0.1, 0.15) is 5.75 Å². The van der Waals surface area contributed by atoms with Crippen molar-refractivity contribution in [2.45, 2.75) is 31.9 Å². The number of hydrogen-bond acceptors (Lipinski definition) is 4. The van der Waals surface area contributed by atoms with Gasteiger partial charge in [-0.15, -0.1) is 5.10 Å². The fourth-order valence-corrected chi connectivity index (χ4v) is 3.36. The molecule has 25 heavy (non-hydrogen) atoms. The zero-order chi connectivity index (χ0) is 17.8. The Balaban J connectivity index is 1.58. The Morgan fingerprint density at radius 1 is 1.44 bits per heavy atom. The maximum atomic E-state index is 12.5. The number of amides is 1. The van der Waals surface area contributed by atoms with Gasteiger partial charge in [-0.1, -0.05) is 21.1 Å². The molecule has 0 bridgehead atoms. The number of aryl methyl sites for hydroxylation is 1. The van der Waals surface area contributed by atoms with Crippen LogP contribution in [0.15, 0.2) is 35.1 Å². The minimum absolute atomic E-state index is 0.00872. The number of benzene rings is 1. The molecular formula is C16H17BrF2N4O2. The Morgan fingerprint density at radius 2 is 2.28 bits per heavy atom. The minimum atomic E-state index is -2.89. The van der Waals surface area contributed by atoms with Crippen LogP contribution < -0.4 is 4.74 Å². The van der Waals surface area contributed by atoms with Crippen LogP contribution in [0.5, 0.6) is 5.75 Å². The molecule has 1 saturated heterocycles. The number of carbonyl (C=O) groups excluding carboxylic acids is 1. The summed E-state index contributed by atoms with van der Waals surface area (Å²) in [6.45, 7) is -1.65. The maximum absolute atomic E-state index is 12.5. The zero-order valence-corrected chi connectivity index (χ0v) is 14.9. The third-order valence-corrected chi connectivity index (χ3v) is 4.67. The number of nitrogens with zero attached hydrogens (tertiary/aromatic N) is 4. The summed E-state index contributed by atoms with van der Waals surface area (Å²) < 4.78 is 32.0. The van der Waals surface area contributed by atoms with Crippen LogP contribution >= 0.6 is 15.9 Å². The van der Waals surface area contributed by atoms with E-state index in [0.717, 1.165) is 10.9 Å². The number of carbonyl (C=O) groups is 1. The van der Waals surface area contributed by atoms with E-state index in [-0.39, 0.29) is 24.1 Å². The molecule has 0 aliphatic carbocycles. The highest BCUT2D eigenvalue weighted by Crippen LogP contribution is 2.27. The average molecular weight is 415 g/mol. The van der Waals surface area contributed by atoms with E-state index >= 15 is 0 Å². The van der Waals surface area contributed by atoms with E-state index in [0.29, 0.717) is 25.1 Å². The molecule has 0 spiro atoms. The first kappa shape index (κ1) is 17.8. The van der Waals surface area contributed by atoms with E-state index in [4.69, 9.17) is 0 Å². The Bertz CT molecular complexity index is 727. The van der Waals surface area contributed by atoms with Crippen LogP contribution in [0.25, 0.3) is 0 Å². The molecule has 2 heterocycles. The second-order valence-electron chi connectivity index (χ2n) is 5.80. The van der Waals surface area contributed by atoms with Gasteiger partial charge in [0.15, 0.2) is 0 Å². The molecule has 9 heteroatoms. The number of ether oxygens (including phenoxy) is 1. The highest BCUT2D eigenvalue weighted by Gasteiger charge is 2.27. The van der Waals surface area contributed by atoms with Crippen LogP contribution in [0.2, 0.25) is 0 Å². The van der Waals surface area contributed by atoms with Crippen molar-refractivity contribution in [2.24, 2.45) is 0 Å². The molecule has 1 aromatic carbocycles. The van der Waals surface area contributed by atoms with E-state index in [1.165, 1.54) is 6.07 Å². The van der Waals surface area contributed by atoms with Gasteiger partial charge in [-0.3, -0.25) is 4.79 Å². The lowest BCUT2D eigenvalue weighted by molar-refractivity contribution is -0.130. The van der Waals surface area contributed by atoms with E-state index in [1.54, 1.807) is 34.1 Å². The van der Waals surface area contributed by atoms with Crippen LogP contribution in [-0.2, 0) is 11.2 Å². The van der Waals surface area contributed by atoms with E-state index < -0.39 is 6.61 Å². The van der Waals surface area contributed by atoms with Crippen LogP contribution in [0.1, 0.15) is 24.4 Å². The van der Waals surface area contributed by atoms with Crippen molar-refractivity contribution in [1.29, 1.82) is 0 Å². The number of aromatic nitrogens is 3. The largest absolute Gasteiger partial charge is 0.435 e. The summed E-state index contributed by atoms with van der Waals surface area (Å²) in [5.74, 6) is 0.0958. The molecule has 0 N–H and O–H groups in total. The first-order chi connectivity index (χ1) is 12.0. The zero-order valence-electron chi connectivity index (χ0n) is 13.3. The average Bonchev–Trinajstić information content (AvgIpc) is 3.25. The second kappa shape index (κ2) is 7.90. The van der Waals surface area contributed by atoms with E-state index in [1.807, 2.05) is 0 Å². The Labute approximate surface area is 151 Å². The Morgan fingerprint density at radius 3 is 3.00 bits per heavy atom. The number of alkyl halides is 2. The number of halogens is 3. The van der Waals surface area contributed by atoms with E-state index in [2.05, 4.69) is 31.0 Å². The molecule has 1 amide bonds. The van der Waals surface area contributed by atoms with Gasteiger partial charge in [0, 0.05) is 30.2 Å². The Hall–Kier alpha value is -2.03. The van der Waals surface area contributed by atoms with Gasteiger partial charge in [0.25, 0.3) is 0 Å². The quantitative estimate of drug-likeness (QED) is 0.728. The lowest BCUT2D eigenvalue weighted by Gasteiger charge is -2.17. The fourth-order valence-electron chi connectivity index (χ4n) is 2.95. The predicted molar refractivity (Wildman–Crippen MR) is 89.4 cm³/mol. The maximum Gasteiger partial charge on any atom is 0.387 e. The van der Waals surface area contributed by atoms with Crippen molar-refractivity contribution in [2.75, 3.05) is 13.1 Å². The number of hydrogen-bond donors (Lipinski definition) is 0. The van der Waals surface area contributed by atoms with Crippen LogP contribution in [-0.4, -0.2) is 45.5 Å². The molecule has 2 aromatic rings. The van der Waals surface area contributed by atoms with Crippen molar-refractivity contribution >= 4 is 21.8 Å². The minimum Gasteiger partial charge on any atom is -0.435 e. The summed E-state index contributed by atoms with van der Waals surface area (Å²) in [6, 6.07) is 4.95. The normalized spacial score (nSPS) is 17.3. The topological polar surface area (TPSA) is 60.2 Å². The summed E-state index contributed by atoms with van der Waals surface area (Å²) in [7, 11) is 0. The van der Waals surface area contributed by atoms with Gasteiger partial charge in [-0.25, -0.2) is 4.68 Å². The van der Waals surface area contributed by atoms with Crippen LogP contribution in [0, 0.1) is 0 Å². The molecule has 3 rings (SSSR count). The van der Waals surface area contributed by atoms with Crippen LogP contribution in [0.4, 0.5) is 8.78 Å². The van der Waals surface area contributed by atoms with Crippen molar-refractivity contribution in [3.63, 3.8) is 0 Å². The second-order valence-corrected chi connectivity index (χ2v) is 6.71. The lowest BCUT2D eigenvalue weighted by atomic mass is 10.1. The molecule has 1 aliphatic heterocycles.